The van der Waals surface area contributed by atoms with Gasteiger partial charge in [0.2, 0.25) is 0 Å². The molecule has 0 heterocycles. The number of carbonyl (C=O) groups excluding carboxylic acids is 1. The number of ether oxygens (including phenoxy) is 2. The molecule has 0 amide bonds. The molecule has 0 spiro atoms. The van der Waals surface area contributed by atoms with Gasteiger partial charge in [0.05, 0.1) is 16.7 Å². The maximum Gasteiger partial charge on any atom is 0.508 e. The highest BCUT2D eigenvalue weighted by atomic mass is 35.5. The van der Waals surface area contributed by atoms with Crippen molar-refractivity contribution in [2.45, 2.75) is 13.5 Å². The predicted octanol–water partition coefficient (Wildman–Crippen LogP) is 3.67. The fourth-order valence-corrected chi connectivity index (χ4v) is 1.25. The number of carbonyl (C=O) groups is 1. The van der Waals surface area contributed by atoms with E-state index in [1.165, 1.54) is 0 Å². The Morgan fingerprint density at radius 1 is 1.27 bits per heavy atom. The normalized spacial score (nSPS) is 9.80. The first-order valence-corrected chi connectivity index (χ1v) is 5.12. The van der Waals surface area contributed by atoms with Crippen molar-refractivity contribution in [2.75, 3.05) is 6.61 Å². The van der Waals surface area contributed by atoms with Crippen molar-refractivity contribution >= 4 is 29.4 Å². The van der Waals surface area contributed by atoms with Gasteiger partial charge in [-0.1, -0.05) is 29.3 Å². The molecule has 0 bridgehead atoms. The SMILES string of the molecule is CCOC(=O)OCc1ccc(Cl)c(Cl)c1. The molecule has 0 aromatic heterocycles. The summed E-state index contributed by atoms with van der Waals surface area (Å²) in [5.74, 6) is 0. The molecule has 1 aromatic carbocycles. The number of hydrogen-bond donors (Lipinski definition) is 0. The number of rotatable bonds is 3. The van der Waals surface area contributed by atoms with Gasteiger partial charge >= 0.3 is 6.16 Å². The second-order valence-corrected chi connectivity index (χ2v) is 3.53. The van der Waals surface area contributed by atoms with Gasteiger partial charge in [0.15, 0.2) is 0 Å². The lowest BCUT2D eigenvalue weighted by Gasteiger charge is -2.05. The lowest BCUT2D eigenvalue weighted by molar-refractivity contribution is 0.0536. The highest BCUT2D eigenvalue weighted by Crippen LogP contribution is 2.22. The van der Waals surface area contributed by atoms with Crippen LogP contribution in [-0.4, -0.2) is 12.8 Å². The zero-order valence-electron chi connectivity index (χ0n) is 8.13. The lowest BCUT2D eigenvalue weighted by atomic mass is 10.2. The van der Waals surface area contributed by atoms with Gasteiger partial charge < -0.3 is 9.47 Å². The highest BCUT2D eigenvalue weighted by Gasteiger charge is 2.04. The number of halogens is 2. The first kappa shape index (κ1) is 12.1. The number of benzene rings is 1. The zero-order valence-corrected chi connectivity index (χ0v) is 9.64. The molecule has 0 saturated heterocycles. The van der Waals surface area contributed by atoms with E-state index >= 15 is 0 Å². The van der Waals surface area contributed by atoms with E-state index in [1.54, 1.807) is 25.1 Å². The minimum Gasteiger partial charge on any atom is -0.435 e. The Kier molecular flexibility index (Phi) is 4.72. The first-order chi connectivity index (χ1) is 7.13. The van der Waals surface area contributed by atoms with Crippen LogP contribution in [0.4, 0.5) is 4.79 Å². The van der Waals surface area contributed by atoms with E-state index in [0.29, 0.717) is 16.7 Å². The summed E-state index contributed by atoms with van der Waals surface area (Å²) in [6.07, 6.45) is -0.691. The van der Waals surface area contributed by atoms with E-state index in [-0.39, 0.29) is 6.61 Å². The summed E-state index contributed by atoms with van der Waals surface area (Å²) in [5, 5.41) is 0.901. The van der Waals surface area contributed by atoms with E-state index in [0.717, 1.165) is 5.56 Å². The van der Waals surface area contributed by atoms with E-state index < -0.39 is 6.16 Å². The van der Waals surface area contributed by atoms with Crippen molar-refractivity contribution in [1.82, 2.24) is 0 Å². The summed E-state index contributed by atoms with van der Waals surface area (Å²) in [4.78, 5) is 10.9. The largest absolute Gasteiger partial charge is 0.508 e. The van der Waals surface area contributed by atoms with Gasteiger partial charge in [0, 0.05) is 0 Å². The van der Waals surface area contributed by atoms with Crippen LogP contribution in [0.1, 0.15) is 12.5 Å². The van der Waals surface area contributed by atoms with Crippen LogP contribution >= 0.6 is 23.2 Å². The van der Waals surface area contributed by atoms with Gasteiger partial charge in [0.1, 0.15) is 6.61 Å². The summed E-state index contributed by atoms with van der Waals surface area (Å²) in [5.41, 5.74) is 0.762. The second-order valence-electron chi connectivity index (χ2n) is 2.72. The summed E-state index contributed by atoms with van der Waals surface area (Å²) >= 11 is 11.5. The third kappa shape index (κ3) is 3.98. The van der Waals surface area contributed by atoms with Crippen molar-refractivity contribution in [3.05, 3.63) is 33.8 Å². The molecule has 0 radical (unpaired) electrons. The molecule has 0 aliphatic heterocycles. The minimum atomic E-state index is -0.691. The third-order valence-corrected chi connectivity index (χ3v) is 2.34. The monoisotopic (exact) mass is 248 g/mol. The maximum atomic E-state index is 10.9. The van der Waals surface area contributed by atoms with Crippen LogP contribution in [0, 0.1) is 0 Å². The molecule has 0 saturated carbocycles. The third-order valence-electron chi connectivity index (χ3n) is 1.60. The Morgan fingerprint density at radius 2 is 2.00 bits per heavy atom. The quantitative estimate of drug-likeness (QED) is 0.766. The van der Waals surface area contributed by atoms with Gasteiger partial charge in [-0.15, -0.1) is 0 Å². The molecule has 3 nitrogen and oxygen atoms in total. The van der Waals surface area contributed by atoms with Crippen LogP contribution in [0.15, 0.2) is 18.2 Å². The Balaban J connectivity index is 2.51. The van der Waals surface area contributed by atoms with E-state index in [4.69, 9.17) is 27.9 Å². The second kappa shape index (κ2) is 5.83. The predicted molar refractivity (Wildman–Crippen MR) is 58.3 cm³/mol. The molecular formula is C10H10Cl2O3. The molecule has 5 heteroatoms. The average Bonchev–Trinajstić information content (AvgIpc) is 2.20. The van der Waals surface area contributed by atoms with Crippen molar-refractivity contribution in [3.63, 3.8) is 0 Å². The van der Waals surface area contributed by atoms with Crippen molar-refractivity contribution < 1.29 is 14.3 Å². The van der Waals surface area contributed by atoms with E-state index in [1.807, 2.05) is 0 Å². The van der Waals surface area contributed by atoms with Crippen molar-refractivity contribution in [2.24, 2.45) is 0 Å². The topological polar surface area (TPSA) is 35.5 Å². The summed E-state index contributed by atoms with van der Waals surface area (Å²) in [6.45, 7) is 2.12. The molecule has 15 heavy (non-hydrogen) atoms. The van der Waals surface area contributed by atoms with Crippen LogP contribution in [0.25, 0.3) is 0 Å². The lowest BCUT2D eigenvalue weighted by Crippen LogP contribution is -2.06. The van der Waals surface area contributed by atoms with Crippen LogP contribution in [0.2, 0.25) is 10.0 Å². The molecular weight excluding hydrogens is 239 g/mol. The fourth-order valence-electron chi connectivity index (χ4n) is 0.931. The molecule has 0 aliphatic carbocycles. The Morgan fingerprint density at radius 3 is 2.60 bits per heavy atom. The van der Waals surface area contributed by atoms with E-state index in [9.17, 15) is 4.79 Å². The molecule has 0 N–H and O–H groups in total. The summed E-state index contributed by atoms with van der Waals surface area (Å²) in [7, 11) is 0. The minimum absolute atomic E-state index is 0.121. The smallest absolute Gasteiger partial charge is 0.435 e. The first-order valence-electron chi connectivity index (χ1n) is 4.37. The average molecular weight is 249 g/mol. The Labute approximate surface area is 97.9 Å². The van der Waals surface area contributed by atoms with Crippen molar-refractivity contribution in [1.29, 1.82) is 0 Å². The molecule has 82 valence electrons. The molecule has 0 atom stereocenters. The van der Waals surface area contributed by atoms with Crippen LogP contribution in [0.3, 0.4) is 0 Å². The highest BCUT2D eigenvalue weighted by molar-refractivity contribution is 6.42. The summed E-state index contributed by atoms with van der Waals surface area (Å²) < 4.78 is 9.40. The summed E-state index contributed by atoms with van der Waals surface area (Å²) in [6, 6.07) is 5.02. The molecule has 1 rings (SSSR count). The van der Waals surface area contributed by atoms with Gasteiger partial charge in [-0.2, -0.15) is 0 Å². The van der Waals surface area contributed by atoms with Crippen LogP contribution in [0.5, 0.6) is 0 Å². The van der Waals surface area contributed by atoms with Gasteiger partial charge in [-0.05, 0) is 24.6 Å². The van der Waals surface area contributed by atoms with Crippen LogP contribution in [-0.2, 0) is 16.1 Å². The zero-order chi connectivity index (χ0) is 11.3. The van der Waals surface area contributed by atoms with Gasteiger partial charge in [0.25, 0.3) is 0 Å². The van der Waals surface area contributed by atoms with Crippen molar-refractivity contribution in [3.8, 4) is 0 Å². The molecule has 0 fully saturated rings. The molecule has 0 aliphatic rings. The number of hydrogen-bond acceptors (Lipinski definition) is 3. The van der Waals surface area contributed by atoms with Gasteiger partial charge in [-0.25, -0.2) is 4.79 Å². The Hall–Kier alpha value is -0.930. The fraction of sp³-hybridized carbons (Fsp3) is 0.300. The standard InChI is InChI=1S/C10H10Cl2O3/c1-2-14-10(13)15-6-7-3-4-8(11)9(12)5-7/h3-5H,2,6H2,1H3. The molecule has 0 unspecified atom stereocenters. The molecule has 1 aromatic rings. The maximum absolute atomic E-state index is 10.9. The van der Waals surface area contributed by atoms with Crippen LogP contribution < -0.4 is 0 Å². The van der Waals surface area contributed by atoms with Gasteiger partial charge in [-0.3, -0.25) is 0 Å². The Bertz CT molecular complexity index is 353. The van der Waals surface area contributed by atoms with E-state index in [2.05, 4.69) is 4.74 Å².